The zero-order chi connectivity index (χ0) is 23.7. The van der Waals surface area contributed by atoms with E-state index in [1.807, 2.05) is 10.6 Å². The Morgan fingerprint density at radius 2 is 2.09 bits per heavy atom. The molecule has 11 heteroatoms. The summed E-state index contributed by atoms with van der Waals surface area (Å²) in [6.07, 6.45) is 4.94. The van der Waals surface area contributed by atoms with Crippen molar-refractivity contribution in [3.05, 3.63) is 63.3 Å². The van der Waals surface area contributed by atoms with Crippen LogP contribution in [0.15, 0.2) is 38.6 Å². The molecule has 0 amide bonds. The van der Waals surface area contributed by atoms with Gasteiger partial charge in [-0.3, -0.25) is 9.36 Å². The van der Waals surface area contributed by atoms with Crippen LogP contribution >= 0.6 is 15.9 Å². The molecule has 0 fully saturated rings. The number of hydrogen-bond donors (Lipinski definition) is 1. The SMILES string of the molecule is CCCCCn1c2c(c(=O)n3c(CCc4nc(Cc5cccc(O)c5)no4)nnc13)CC(Br)=N2. The van der Waals surface area contributed by atoms with Crippen LogP contribution in [-0.4, -0.2) is 39.0 Å². The Balaban J connectivity index is 1.38. The third-order valence-electron chi connectivity index (χ3n) is 5.82. The van der Waals surface area contributed by atoms with E-state index < -0.39 is 0 Å². The van der Waals surface area contributed by atoms with Gasteiger partial charge in [-0.15, -0.1) is 10.2 Å². The highest BCUT2D eigenvalue weighted by molar-refractivity contribution is 9.18. The van der Waals surface area contributed by atoms with Crippen molar-refractivity contribution in [2.24, 2.45) is 4.99 Å². The summed E-state index contributed by atoms with van der Waals surface area (Å²) in [5.41, 5.74) is 1.41. The minimum absolute atomic E-state index is 0.134. The lowest BCUT2D eigenvalue weighted by atomic mass is 10.1. The number of phenolic OH excluding ortho intramolecular Hbond substituents is 1. The molecule has 34 heavy (non-hydrogen) atoms. The summed E-state index contributed by atoms with van der Waals surface area (Å²) in [5.74, 6) is 2.93. The number of unbranched alkanes of at least 4 members (excludes halogenated alkanes) is 2. The van der Waals surface area contributed by atoms with Crippen molar-refractivity contribution in [2.75, 3.05) is 0 Å². The number of halogens is 1. The van der Waals surface area contributed by atoms with Crippen LogP contribution in [0.4, 0.5) is 5.82 Å². The third kappa shape index (κ3) is 4.39. The van der Waals surface area contributed by atoms with E-state index in [1.165, 1.54) is 0 Å². The minimum atomic E-state index is -0.134. The Hall–Kier alpha value is -3.34. The summed E-state index contributed by atoms with van der Waals surface area (Å²) < 4.78 is 9.73. The van der Waals surface area contributed by atoms with Crippen molar-refractivity contribution in [1.29, 1.82) is 0 Å². The summed E-state index contributed by atoms with van der Waals surface area (Å²) in [6, 6.07) is 6.96. The fourth-order valence-electron chi connectivity index (χ4n) is 4.18. The number of aromatic nitrogens is 6. The second-order valence-electron chi connectivity index (χ2n) is 8.33. The molecule has 0 unspecified atom stereocenters. The lowest BCUT2D eigenvalue weighted by Gasteiger charge is -2.12. The van der Waals surface area contributed by atoms with E-state index in [1.54, 1.807) is 22.6 Å². The molecule has 1 aliphatic heterocycles. The Bertz CT molecular complexity index is 1440. The van der Waals surface area contributed by atoms with Crippen LogP contribution in [0.1, 0.15) is 54.9 Å². The first-order valence-electron chi connectivity index (χ1n) is 11.4. The standard InChI is InChI=1S/C23H24BrN7O3/c1-2-3-4-10-30-21-16(13-17(24)25-21)22(33)31-19(27-28-23(30)31)8-9-20-26-18(29-34-20)12-14-6-5-7-15(32)11-14/h5-7,11,32H,2-4,8-10,12-13H2,1H3. The van der Waals surface area contributed by atoms with Crippen molar-refractivity contribution >= 4 is 32.1 Å². The van der Waals surface area contributed by atoms with Crippen molar-refractivity contribution in [2.45, 2.75) is 58.4 Å². The monoisotopic (exact) mass is 525 g/mol. The first kappa shape index (κ1) is 22.5. The van der Waals surface area contributed by atoms with Gasteiger partial charge in [0.1, 0.15) is 17.4 Å². The second kappa shape index (κ2) is 9.49. The van der Waals surface area contributed by atoms with Gasteiger partial charge in [0.15, 0.2) is 5.82 Å². The molecule has 3 aromatic heterocycles. The van der Waals surface area contributed by atoms with E-state index in [2.05, 4.69) is 48.2 Å². The fraction of sp³-hybridized carbons (Fsp3) is 0.391. The van der Waals surface area contributed by atoms with Crippen molar-refractivity contribution in [3.63, 3.8) is 0 Å². The smallest absolute Gasteiger partial charge is 0.266 e. The van der Waals surface area contributed by atoms with Gasteiger partial charge in [0.2, 0.25) is 11.7 Å². The van der Waals surface area contributed by atoms with Gasteiger partial charge in [0, 0.05) is 32.2 Å². The molecule has 0 aliphatic carbocycles. The van der Waals surface area contributed by atoms with E-state index in [4.69, 9.17) is 4.52 Å². The molecule has 0 radical (unpaired) electrons. The summed E-state index contributed by atoms with van der Waals surface area (Å²) >= 11 is 3.45. The molecular formula is C23H24BrN7O3. The number of rotatable bonds is 9. The molecule has 176 valence electrons. The average molecular weight is 526 g/mol. The van der Waals surface area contributed by atoms with Gasteiger partial charge < -0.3 is 9.63 Å². The number of phenols is 1. The molecular weight excluding hydrogens is 502 g/mol. The molecule has 4 heterocycles. The molecule has 4 aromatic rings. The minimum Gasteiger partial charge on any atom is -0.508 e. The first-order valence-corrected chi connectivity index (χ1v) is 12.1. The quantitative estimate of drug-likeness (QED) is 0.331. The number of benzene rings is 1. The number of aromatic hydroxyl groups is 1. The highest BCUT2D eigenvalue weighted by Crippen LogP contribution is 2.28. The van der Waals surface area contributed by atoms with E-state index in [-0.39, 0.29) is 11.3 Å². The highest BCUT2D eigenvalue weighted by atomic mass is 79.9. The van der Waals surface area contributed by atoms with Crippen LogP contribution in [-0.2, 0) is 32.2 Å². The van der Waals surface area contributed by atoms with E-state index in [0.717, 1.165) is 36.0 Å². The predicted octanol–water partition coefficient (Wildman–Crippen LogP) is 3.53. The average Bonchev–Trinajstić information content (AvgIpc) is 3.53. The molecule has 1 aliphatic rings. The second-order valence-corrected chi connectivity index (χ2v) is 9.25. The maximum absolute atomic E-state index is 13.3. The van der Waals surface area contributed by atoms with Crippen LogP contribution in [0.2, 0.25) is 0 Å². The number of aryl methyl sites for hydroxylation is 3. The topological polar surface area (TPSA) is 124 Å². The largest absolute Gasteiger partial charge is 0.508 e. The molecule has 1 aromatic carbocycles. The van der Waals surface area contributed by atoms with Crippen molar-refractivity contribution in [1.82, 2.24) is 29.3 Å². The van der Waals surface area contributed by atoms with Crippen LogP contribution in [0.5, 0.6) is 5.75 Å². The Labute approximate surface area is 203 Å². The summed E-state index contributed by atoms with van der Waals surface area (Å²) in [7, 11) is 0. The Morgan fingerprint density at radius 3 is 2.91 bits per heavy atom. The van der Waals surface area contributed by atoms with Gasteiger partial charge in [-0.05, 0) is 40.0 Å². The predicted molar refractivity (Wildman–Crippen MR) is 129 cm³/mol. The van der Waals surface area contributed by atoms with Crippen LogP contribution in [0, 0.1) is 0 Å². The number of fused-ring (bicyclic) bond motifs is 2. The number of aliphatic imine (C=N–C) groups is 1. The van der Waals surface area contributed by atoms with Gasteiger partial charge >= 0.3 is 0 Å². The Morgan fingerprint density at radius 1 is 1.21 bits per heavy atom. The number of nitrogens with zero attached hydrogens (tertiary/aromatic N) is 7. The summed E-state index contributed by atoms with van der Waals surface area (Å²) in [6.45, 7) is 2.88. The van der Waals surface area contributed by atoms with Gasteiger partial charge in [-0.2, -0.15) is 4.98 Å². The molecule has 1 N–H and O–H groups in total. The third-order valence-corrected chi connectivity index (χ3v) is 6.28. The van der Waals surface area contributed by atoms with Crippen molar-refractivity contribution in [3.8, 4) is 5.75 Å². The zero-order valence-corrected chi connectivity index (χ0v) is 20.3. The van der Waals surface area contributed by atoms with Crippen LogP contribution < -0.4 is 5.56 Å². The maximum atomic E-state index is 13.3. The molecule has 5 rings (SSSR count). The van der Waals surface area contributed by atoms with E-state index in [9.17, 15) is 9.90 Å². The zero-order valence-electron chi connectivity index (χ0n) is 18.7. The van der Waals surface area contributed by atoms with E-state index in [0.29, 0.717) is 60.4 Å². The normalized spacial score (nSPS) is 12.9. The van der Waals surface area contributed by atoms with E-state index >= 15 is 0 Å². The number of hydrogen-bond acceptors (Lipinski definition) is 8. The molecule has 10 nitrogen and oxygen atoms in total. The molecule has 0 spiro atoms. The molecule has 0 saturated heterocycles. The fourth-order valence-corrected chi connectivity index (χ4v) is 4.63. The molecule has 0 bridgehead atoms. The van der Waals surface area contributed by atoms with Gasteiger partial charge in [-0.25, -0.2) is 9.39 Å². The lowest BCUT2D eigenvalue weighted by Crippen LogP contribution is -2.24. The maximum Gasteiger partial charge on any atom is 0.266 e. The van der Waals surface area contributed by atoms with Gasteiger partial charge in [0.05, 0.1) is 10.2 Å². The molecule has 0 atom stereocenters. The first-order chi connectivity index (χ1) is 16.5. The van der Waals surface area contributed by atoms with Crippen LogP contribution in [0.3, 0.4) is 0 Å². The van der Waals surface area contributed by atoms with Crippen molar-refractivity contribution < 1.29 is 9.63 Å². The Kier molecular flexibility index (Phi) is 6.27. The summed E-state index contributed by atoms with van der Waals surface area (Å²) in [4.78, 5) is 22.3. The van der Waals surface area contributed by atoms with Gasteiger partial charge in [-0.1, -0.05) is 37.1 Å². The van der Waals surface area contributed by atoms with Crippen LogP contribution in [0.25, 0.3) is 5.78 Å². The lowest BCUT2D eigenvalue weighted by molar-refractivity contribution is 0.373. The van der Waals surface area contributed by atoms with Gasteiger partial charge in [0.25, 0.3) is 5.56 Å². The molecule has 0 saturated carbocycles. The summed E-state index contributed by atoms with van der Waals surface area (Å²) in [5, 5.41) is 22.3. The highest BCUT2D eigenvalue weighted by Gasteiger charge is 2.25.